The summed E-state index contributed by atoms with van der Waals surface area (Å²) in [5.41, 5.74) is 3.35. The van der Waals surface area contributed by atoms with Gasteiger partial charge in [0.2, 0.25) is 0 Å². The number of carbonyl (C=O) groups is 1. The summed E-state index contributed by atoms with van der Waals surface area (Å²) >= 11 is 0. The summed E-state index contributed by atoms with van der Waals surface area (Å²) in [6.45, 7) is 0. The fourth-order valence-corrected chi connectivity index (χ4v) is 2.25. The van der Waals surface area contributed by atoms with E-state index >= 15 is 0 Å². The van der Waals surface area contributed by atoms with Crippen LogP contribution in [0.5, 0.6) is 0 Å². The summed E-state index contributed by atoms with van der Waals surface area (Å²) in [5, 5.41) is 1.32. The van der Waals surface area contributed by atoms with Crippen LogP contribution in [0.25, 0.3) is 11.6 Å². The first-order valence-electron chi connectivity index (χ1n) is 6.06. The highest BCUT2D eigenvalue weighted by molar-refractivity contribution is 6.35. The summed E-state index contributed by atoms with van der Waals surface area (Å²) < 4.78 is 0. The topological polar surface area (TPSA) is 29.5 Å². The van der Waals surface area contributed by atoms with Crippen molar-refractivity contribution >= 4 is 23.2 Å². The molecule has 2 aromatic carbocycles. The van der Waals surface area contributed by atoms with Gasteiger partial charge in [0.25, 0.3) is 5.91 Å². The van der Waals surface area contributed by atoms with Crippen molar-refractivity contribution in [1.82, 2.24) is 0 Å². The number of anilines is 1. The molecule has 0 aliphatic carbocycles. The Labute approximate surface area is 111 Å². The van der Waals surface area contributed by atoms with Crippen LogP contribution in [0.4, 0.5) is 5.69 Å². The van der Waals surface area contributed by atoms with Gasteiger partial charge in [-0.25, -0.2) is 0 Å². The van der Waals surface area contributed by atoms with E-state index in [2.05, 4.69) is 0 Å². The van der Waals surface area contributed by atoms with E-state index in [9.17, 15) is 4.79 Å². The third-order valence-electron chi connectivity index (χ3n) is 3.12. The summed E-state index contributed by atoms with van der Waals surface area (Å²) in [6, 6.07) is 17.4. The van der Waals surface area contributed by atoms with Gasteiger partial charge in [-0.15, -0.1) is 0 Å². The van der Waals surface area contributed by atoms with Crippen molar-refractivity contribution in [2.45, 2.75) is 0 Å². The summed E-state index contributed by atoms with van der Waals surface area (Å²) in [6.07, 6.45) is 1.89. The molecule has 94 valence electrons. The average molecular weight is 251 g/mol. The third kappa shape index (κ3) is 1.94. The highest BCUT2D eigenvalue weighted by atomic mass is 16.7. The molecule has 0 saturated heterocycles. The second kappa shape index (κ2) is 4.71. The first-order chi connectivity index (χ1) is 9.31. The summed E-state index contributed by atoms with van der Waals surface area (Å²) in [4.78, 5) is 17.5. The second-order valence-electron chi connectivity index (χ2n) is 4.27. The van der Waals surface area contributed by atoms with Gasteiger partial charge in [0, 0.05) is 5.56 Å². The molecule has 0 N–H and O–H groups in total. The molecule has 1 heterocycles. The number of benzene rings is 2. The zero-order valence-corrected chi connectivity index (χ0v) is 10.5. The van der Waals surface area contributed by atoms with Crippen LogP contribution in [0.2, 0.25) is 0 Å². The van der Waals surface area contributed by atoms with Gasteiger partial charge in [0.15, 0.2) is 0 Å². The van der Waals surface area contributed by atoms with Crippen LogP contribution < -0.4 is 5.06 Å². The smallest absolute Gasteiger partial charge is 0.269 e. The molecule has 0 aromatic heterocycles. The number of rotatable bonds is 2. The van der Waals surface area contributed by atoms with Crippen molar-refractivity contribution in [3.8, 4) is 0 Å². The Bertz CT molecular complexity index is 647. The third-order valence-corrected chi connectivity index (χ3v) is 3.12. The Morgan fingerprint density at radius 1 is 1.00 bits per heavy atom. The quantitative estimate of drug-likeness (QED) is 0.767. The fraction of sp³-hybridized carbons (Fsp3) is 0.0625. The predicted molar refractivity (Wildman–Crippen MR) is 75.3 cm³/mol. The lowest BCUT2D eigenvalue weighted by molar-refractivity contribution is -0.118. The maximum Gasteiger partial charge on any atom is 0.282 e. The van der Waals surface area contributed by atoms with Gasteiger partial charge in [-0.2, -0.15) is 5.06 Å². The Balaban J connectivity index is 2.13. The van der Waals surface area contributed by atoms with Gasteiger partial charge in [0.05, 0.1) is 18.4 Å². The van der Waals surface area contributed by atoms with Gasteiger partial charge < -0.3 is 0 Å². The van der Waals surface area contributed by atoms with Crippen molar-refractivity contribution in [2.24, 2.45) is 0 Å². The van der Waals surface area contributed by atoms with E-state index in [0.717, 1.165) is 16.8 Å². The minimum atomic E-state index is -0.132. The Morgan fingerprint density at radius 2 is 1.68 bits per heavy atom. The van der Waals surface area contributed by atoms with E-state index in [-0.39, 0.29) is 5.91 Å². The summed E-state index contributed by atoms with van der Waals surface area (Å²) in [5.74, 6) is -0.132. The number of hydroxylamine groups is 1. The molecule has 1 amide bonds. The van der Waals surface area contributed by atoms with Gasteiger partial charge in [-0.1, -0.05) is 48.5 Å². The molecule has 2 aromatic rings. The van der Waals surface area contributed by atoms with Gasteiger partial charge in [-0.05, 0) is 17.7 Å². The van der Waals surface area contributed by atoms with Gasteiger partial charge >= 0.3 is 0 Å². The molecule has 3 nitrogen and oxygen atoms in total. The van der Waals surface area contributed by atoms with E-state index in [0.29, 0.717) is 5.57 Å². The van der Waals surface area contributed by atoms with Gasteiger partial charge in [0.1, 0.15) is 0 Å². The minimum absolute atomic E-state index is 0.132. The molecule has 0 unspecified atom stereocenters. The first kappa shape index (κ1) is 11.7. The molecule has 0 saturated carbocycles. The van der Waals surface area contributed by atoms with E-state index in [4.69, 9.17) is 4.84 Å². The van der Waals surface area contributed by atoms with Crippen molar-refractivity contribution in [2.75, 3.05) is 12.2 Å². The lowest BCUT2D eigenvalue weighted by Crippen LogP contribution is -2.24. The van der Waals surface area contributed by atoms with Crippen LogP contribution in [0.1, 0.15) is 11.1 Å². The summed E-state index contributed by atoms with van der Waals surface area (Å²) in [7, 11) is 1.50. The van der Waals surface area contributed by atoms with E-state index < -0.39 is 0 Å². The van der Waals surface area contributed by atoms with Crippen molar-refractivity contribution < 1.29 is 9.63 Å². The molecule has 19 heavy (non-hydrogen) atoms. The molecule has 0 bridgehead atoms. The Morgan fingerprint density at radius 3 is 2.42 bits per heavy atom. The molecule has 3 heteroatoms. The zero-order valence-electron chi connectivity index (χ0n) is 10.5. The molecule has 0 atom stereocenters. The van der Waals surface area contributed by atoms with Gasteiger partial charge in [-0.3, -0.25) is 9.63 Å². The van der Waals surface area contributed by atoms with Crippen LogP contribution >= 0.6 is 0 Å². The predicted octanol–water partition coefficient (Wildman–Crippen LogP) is 3.14. The standard InChI is InChI=1S/C16H13NO2/c1-19-17-15-10-6-5-9-13(15)14(16(17)18)11-12-7-3-2-4-8-12/h2-11H,1H3/b14-11+. The van der Waals surface area contributed by atoms with Crippen molar-refractivity contribution in [1.29, 1.82) is 0 Å². The van der Waals surface area contributed by atoms with Crippen LogP contribution in [-0.4, -0.2) is 13.0 Å². The SMILES string of the molecule is CON1C(=O)/C(=C/c2ccccc2)c2ccccc21. The number of nitrogens with zero attached hydrogens (tertiary/aromatic N) is 1. The number of fused-ring (bicyclic) bond motifs is 1. The van der Waals surface area contributed by atoms with Crippen molar-refractivity contribution in [3.63, 3.8) is 0 Å². The molecule has 1 aliphatic rings. The fourth-order valence-electron chi connectivity index (χ4n) is 2.25. The van der Waals surface area contributed by atoms with Crippen molar-refractivity contribution in [3.05, 3.63) is 65.7 Å². The molecular weight excluding hydrogens is 238 g/mol. The Kier molecular flexibility index (Phi) is 2.89. The van der Waals surface area contributed by atoms with E-state index in [1.807, 2.05) is 60.7 Å². The van der Waals surface area contributed by atoms with E-state index in [1.54, 1.807) is 0 Å². The molecule has 0 radical (unpaired) electrons. The van der Waals surface area contributed by atoms with Crippen LogP contribution in [-0.2, 0) is 9.63 Å². The highest BCUT2D eigenvalue weighted by Gasteiger charge is 2.32. The van der Waals surface area contributed by atoms with Crippen LogP contribution in [0.3, 0.4) is 0 Å². The maximum absolute atomic E-state index is 12.3. The monoisotopic (exact) mass is 251 g/mol. The molecule has 3 rings (SSSR count). The Hall–Kier alpha value is -2.39. The van der Waals surface area contributed by atoms with E-state index in [1.165, 1.54) is 12.2 Å². The lowest BCUT2D eigenvalue weighted by Gasteiger charge is -2.12. The van der Waals surface area contributed by atoms with Crippen LogP contribution in [0, 0.1) is 0 Å². The maximum atomic E-state index is 12.3. The first-order valence-corrected chi connectivity index (χ1v) is 6.06. The van der Waals surface area contributed by atoms with Crippen LogP contribution in [0.15, 0.2) is 54.6 Å². The molecule has 1 aliphatic heterocycles. The second-order valence-corrected chi connectivity index (χ2v) is 4.27. The largest absolute Gasteiger partial charge is 0.282 e. The number of amides is 1. The molecule has 0 spiro atoms. The number of hydrogen-bond donors (Lipinski definition) is 0. The number of carbonyl (C=O) groups excluding carboxylic acids is 1. The molecular formula is C16H13NO2. The highest BCUT2D eigenvalue weighted by Crippen LogP contribution is 2.37. The normalized spacial score (nSPS) is 15.9. The lowest BCUT2D eigenvalue weighted by atomic mass is 10.0. The number of para-hydroxylation sites is 1. The number of hydrogen-bond acceptors (Lipinski definition) is 2. The zero-order chi connectivity index (χ0) is 13.2. The molecule has 0 fully saturated rings. The minimum Gasteiger partial charge on any atom is -0.269 e. The average Bonchev–Trinajstić information content (AvgIpc) is 2.73.